The van der Waals surface area contributed by atoms with Gasteiger partial charge in [0.15, 0.2) is 5.78 Å². The molecule has 0 atom stereocenters. The second kappa shape index (κ2) is 5.74. The highest BCUT2D eigenvalue weighted by Gasteiger charge is 2.42. The quantitative estimate of drug-likeness (QED) is 0.679. The van der Waals surface area contributed by atoms with E-state index in [9.17, 15) is 9.18 Å². The van der Waals surface area contributed by atoms with Crippen LogP contribution in [0.4, 0.5) is 4.39 Å². The Kier molecular flexibility index (Phi) is 4.44. The zero-order valence-corrected chi connectivity index (χ0v) is 13.1. The minimum Gasteiger partial charge on any atom is -0.293 e. The topological polar surface area (TPSA) is 17.1 Å². The molecule has 0 bridgehead atoms. The average molecular weight is 327 g/mol. The minimum atomic E-state index is -0.414. The Balaban J connectivity index is 2.37. The van der Waals surface area contributed by atoms with Crippen molar-refractivity contribution in [1.29, 1.82) is 0 Å². The fourth-order valence-electron chi connectivity index (χ4n) is 3.32. The molecule has 1 saturated carbocycles. The molecule has 1 fully saturated rings. The van der Waals surface area contributed by atoms with Crippen LogP contribution in [0, 0.1) is 17.2 Å². The summed E-state index contributed by atoms with van der Waals surface area (Å²) in [7, 11) is 0. The summed E-state index contributed by atoms with van der Waals surface area (Å²) in [6.07, 6.45) is 4.81. The smallest absolute Gasteiger partial charge is 0.171 e. The van der Waals surface area contributed by atoms with Gasteiger partial charge in [-0.2, -0.15) is 0 Å². The summed E-state index contributed by atoms with van der Waals surface area (Å²) in [5.74, 6) is 0.0392. The van der Waals surface area contributed by atoms with Crippen molar-refractivity contribution in [2.24, 2.45) is 11.3 Å². The summed E-state index contributed by atoms with van der Waals surface area (Å²) in [6.45, 7) is 4.26. The number of hydrogen-bond donors (Lipinski definition) is 0. The highest BCUT2D eigenvalue weighted by Crippen LogP contribution is 2.46. The molecule has 1 aliphatic carbocycles. The molecular formula is C16H20BrFO. The van der Waals surface area contributed by atoms with Gasteiger partial charge in [-0.15, -0.1) is 0 Å². The van der Waals surface area contributed by atoms with Gasteiger partial charge in [0, 0.05) is 5.41 Å². The molecule has 0 amide bonds. The molecule has 19 heavy (non-hydrogen) atoms. The third kappa shape index (κ3) is 2.91. The highest BCUT2D eigenvalue weighted by molar-refractivity contribution is 9.10. The molecular weight excluding hydrogens is 307 g/mol. The molecule has 0 aromatic heterocycles. The maximum absolute atomic E-state index is 14.1. The highest BCUT2D eigenvalue weighted by atomic mass is 79.9. The molecule has 1 aromatic rings. The maximum atomic E-state index is 14.1. The molecule has 3 heteroatoms. The first-order valence-corrected chi connectivity index (χ1v) is 7.74. The lowest BCUT2D eigenvalue weighted by Gasteiger charge is -2.29. The number of carbonyl (C=O) groups is 1. The largest absolute Gasteiger partial charge is 0.293 e. The van der Waals surface area contributed by atoms with Crippen LogP contribution in [0.5, 0.6) is 0 Å². The molecule has 0 radical (unpaired) electrons. The number of halogens is 2. The van der Waals surface area contributed by atoms with Crippen molar-refractivity contribution in [3.05, 3.63) is 34.1 Å². The predicted molar refractivity (Wildman–Crippen MR) is 78.8 cm³/mol. The lowest BCUT2D eigenvalue weighted by Crippen LogP contribution is -2.30. The van der Waals surface area contributed by atoms with E-state index in [4.69, 9.17) is 0 Å². The van der Waals surface area contributed by atoms with Crippen LogP contribution in [-0.2, 0) is 0 Å². The molecule has 104 valence electrons. The summed E-state index contributed by atoms with van der Waals surface area (Å²) in [4.78, 5) is 12.8. The van der Waals surface area contributed by atoms with Crippen molar-refractivity contribution in [2.45, 2.75) is 46.0 Å². The zero-order valence-electron chi connectivity index (χ0n) is 11.5. The lowest BCUT2D eigenvalue weighted by atomic mass is 9.73. The van der Waals surface area contributed by atoms with Crippen LogP contribution in [0.2, 0.25) is 0 Å². The van der Waals surface area contributed by atoms with Crippen LogP contribution in [-0.4, -0.2) is 5.78 Å². The predicted octanol–water partition coefficient (Wildman–Crippen LogP) is 5.38. The monoisotopic (exact) mass is 326 g/mol. The standard InChI is InChI=1S/C16H20BrFO/c1-11(2)10-16(8-3-4-9-16)15(19)12-6-5-7-13(17)14(12)18/h5-7,11H,3-4,8-10H2,1-2H3. The Hall–Kier alpha value is -0.700. The molecule has 0 unspecified atom stereocenters. The normalized spacial score (nSPS) is 17.9. The van der Waals surface area contributed by atoms with Gasteiger partial charge in [-0.3, -0.25) is 4.79 Å². The SMILES string of the molecule is CC(C)CC1(C(=O)c2cccc(Br)c2F)CCCC1. The fraction of sp³-hybridized carbons (Fsp3) is 0.562. The Labute approximate surface area is 122 Å². The van der Waals surface area contributed by atoms with E-state index in [1.54, 1.807) is 18.2 Å². The maximum Gasteiger partial charge on any atom is 0.171 e. The number of benzene rings is 1. The number of hydrogen-bond acceptors (Lipinski definition) is 1. The third-order valence-electron chi connectivity index (χ3n) is 4.04. The van der Waals surface area contributed by atoms with Gasteiger partial charge in [-0.1, -0.05) is 32.8 Å². The van der Waals surface area contributed by atoms with E-state index in [2.05, 4.69) is 29.8 Å². The van der Waals surface area contributed by atoms with Gasteiger partial charge in [-0.05, 0) is 53.2 Å². The van der Waals surface area contributed by atoms with Crippen molar-refractivity contribution in [3.8, 4) is 0 Å². The minimum absolute atomic E-state index is 0.00231. The van der Waals surface area contributed by atoms with Crippen LogP contribution in [0.1, 0.15) is 56.3 Å². The Morgan fingerprint density at radius 2 is 2.00 bits per heavy atom. The second-order valence-electron chi connectivity index (χ2n) is 6.02. The molecule has 1 aromatic carbocycles. The van der Waals surface area contributed by atoms with Gasteiger partial charge in [0.25, 0.3) is 0 Å². The Morgan fingerprint density at radius 1 is 1.37 bits per heavy atom. The van der Waals surface area contributed by atoms with Gasteiger partial charge in [0.05, 0.1) is 10.0 Å². The molecule has 0 N–H and O–H groups in total. The van der Waals surface area contributed by atoms with Crippen molar-refractivity contribution >= 4 is 21.7 Å². The zero-order chi connectivity index (χ0) is 14.0. The summed E-state index contributed by atoms with van der Waals surface area (Å²) in [6, 6.07) is 4.98. The van der Waals surface area contributed by atoms with E-state index < -0.39 is 5.82 Å². The third-order valence-corrected chi connectivity index (χ3v) is 4.65. The van der Waals surface area contributed by atoms with Crippen LogP contribution in [0.25, 0.3) is 0 Å². The van der Waals surface area contributed by atoms with Gasteiger partial charge in [0.2, 0.25) is 0 Å². The Bertz CT molecular complexity index is 476. The van der Waals surface area contributed by atoms with E-state index in [-0.39, 0.29) is 16.8 Å². The molecule has 0 saturated heterocycles. The molecule has 0 heterocycles. The number of carbonyl (C=O) groups excluding carboxylic acids is 1. The summed E-state index contributed by atoms with van der Waals surface area (Å²) < 4.78 is 14.5. The first-order valence-electron chi connectivity index (χ1n) is 6.95. The van der Waals surface area contributed by atoms with Gasteiger partial charge >= 0.3 is 0 Å². The Morgan fingerprint density at radius 3 is 2.58 bits per heavy atom. The molecule has 1 aliphatic rings. The van der Waals surface area contributed by atoms with E-state index >= 15 is 0 Å². The summed E-state index contributed by atoms with van der Waals surface area (Å²) in [5, 5.41) is 0. The van der Waals surface area contributed by atoms with E-state index in [1.165, 1.54) is 0 Å². The summed E-state index contributed by atoms with van der Waals surface area (Å²) in [5.41, 5.74) is -0.0903. The van der Waals surface area contributed by atoms with E-state index in [0.29, 0.717) is 10.4 Å². The lowest BCUT2D eigenvalue weighted by molar-refractivity contribution is 0.0755. The second-order valence-corrected chi connectivity index (χ2v) is 6.87. The van der Waals surface area contributed by atoms with Crippen LogP contribution < -0.4 is 0 Å². The van der Waals surface area contributed by atoms with Crippen molar-refractivity contribution in [1.82, 2.24) is 0 Å². The fourth-order valence-corrected chi connectivity index (χ4v) is 3.69. The van der Waals surface area contributed by atoms with Crippen molar-refractivity contribution in [3.63, 3.8) is 0 Å². The molecule has 2 rings (SSSR count). The average Bonchev–Trinajstić information content (AvgIpc) is 2.80. The van der Waals surface area contributed by atoms with Gasteiger partial charge in [0.1, 0.15) is 5.82 Å². The van der Waals surface area contributed by atoms with Gasteiger partial charge in [-0.25, -0.2) is 4.39 Å². The van der Waals surface area contributed by atoms with Crippen LogP contribution in [0.3, 0.4) is 0 Å². The molecule has 0 aliphatic heterocycles. The number of rotatable bonds is 4. The number of ketones is 1. The van der Waals surface area contributed by atoms with Crippen LogP contribution >= 0.6 is 15.9 Å². The van der Waals surface area contributed by atoms with E-state index in [0.717, 1.165) is 32.1 Å². The summed E-state index contributed by atoms with van der Waals surface area (Å²) >= 11 is 3.16. The number of Topliss-reactive ketones (excluding diaryl/α,β-unsaturated/α-hetero) is 1. The molecule has 1 nitrogen and oxygen atoms in total. The first kappa shape index (κ1) is 14.7. The van der Waals surface area contributed by atoms with E-state index in [1.807, 2.05) is 0 Å². The van der Waals surface area contributed by atoms with Crippen LogP contribution in [0.15, 0.2) is 22.7 Å². The van der Waals surface area contributed by atoms with Crippen molar-refractivity contribution < 1.29 is 9.18 Å². The van der Waals surface area contributed by atoms with Crippen molar-refractivity contribution in [2.75, 3.05) is 0 Å². The van der Waals surface area contributed by atoms with Gasteiger partial charge < -0.3 is 0 Å². The molecule has 0 spiro atoms. The first-order chi connectivity index (χ1) is 8.96.